The van der Waals surface area contributed by atoms with Crippen molar-refractivity contribution >= 4 is 16.9 Å². The van der Waals surface area contributed by atoms with Crippen LogP contribution in [-0.2, 0) is 29.0 Å². The monoisotopic (exact) mass is 872 g/mol. The van der Waals surface area contributed by atoms with Gasteiger partial charge in [-0.15, -0.1) is 0 Å². The van der Waals surface area contributed by atoms with E-state index in [0.717, 1.165) is 34.8 Å². The summed E-state index contributed by atoms with van der Waals surface area (Å²) in [5, 5.41) is 66.6. The molecule has 10 rings (SSSR count). The van der Waals surface area contributed by atoms with Crippen molar-refractivity contribution in [2.45, 2.75) is 102 Å². The molecule has 1 aromatic heterocycles. The summed E-state index contributed by atoms with van der Waals surface area (Å²) in [6.45, 7) is 4.53. The first-order valence-corrected chi connectivity index (χ1v) is 22.5. The molecule has 336 valence electrons. The predicted molar refractivity (Wildman–Crippen MR) is 238 cm³/mol. The maximum atomic E-state index is 14.2. The number of phenolic OH excluding ortho intramolecular Hbond substituents is 2. The van der Waals surface area contributed by atoms with Gasteiger partial charge in [0.25, 0.3) is 0 Å². The minimum absolute atomic E-state index is 0.0126. The van der Waals surface area contributed by atoms with Gasteiger partial charge in [0.2, 0.25) is 0 Å². The number of rotatable bonds is 5. The van der Waals surface area contributed by atoms with Gasteiger partial charge in [0.1, 0.15) is 64.3 Å². The Labute approximate surface area is 370 Å². The van der Waals surface area contributed by atoms with E-state index in [4.69, 9.17) is 19.6 Å². The number of nitrogens with one attached hydrogen (secondary N) is 3. The van der Waals surface area contributed by atoms with Crippen LogP contribution in [0.5, 0.6) is 17.2 Å². The Kier molecular flexibility index (Phi) is 10.6. The zero-order valence-electron chi connectivity index (χ0n) is 36.2. The molecule has 7 aliphatic rings. The lowest BCUT2D eigenvalue weighted by molar-refractivity contribution is -0.169. The van der Waals surface area contributed by atoms with Crippen LogP contribution < -0.4 is 31.8 Å². The molecular formula is C50H56N4O10. The lowest BCUT2D eigenvalue weighted by atomic mass is 9.61. The highest BCUT2D eigenvalue weighted by Crippen LogP contribution is 2.61. The van der Waals surface area contributed by atoms with Crippen LogP contribution in [0.1, 0.15) is 86.3 Å². The van der Waals surface area contributed by atoms with Crippen LogP contribution >= 0.6 is 0 Å². The first-order chi connectivity index (χ1) is 30.9. The molecule has 2 aliphatic carbocycles. The summed E-state index contributed by atoms with van der Waals surface area (Å²) < 4.78 is 20.6. The summed E-state index contributed by atoms with van der Waals surface area (Å²) in [4.78, 5) is 28.3. The molecule has 4 bridgehead atoms. The van der Waals surface area contributed by atoms with Crippen LogP contribution in [-0.4, -0.2) is 75.2 Å². The minimum atomic E-state index is -1.34. The molecule has 2 aromatic carbocycles. The number of fused-ring (bicyclic) bond motifs is 10. The van der Waals surface area contributed by atoms with Crippen molar-refractivity contribution in [1.29, 1.82) is 0 Å². The summed E-state index contributed by atoms with van der Waals surface area (Å²) in [5.41, 5.74) is 12.7. The molecule has 9 unspecified atom stereocenters. The SMILES string of the molecule is CC=C(CO)C(=O)OC1Cc2c3c(c4oc(CO)cc(=O)c4c2O)C2C4=CCNC(N)=C4C(CCc4ccc(O)cc4C2CO)C2CCC4=C5C=CC(C)NC5NC=C4CC2C1(C)O3. The zero-order valence-corrected chi connectivity index (χ0v) is 36.2. The Morgan fingerprint density at radius 1 is 1.11 bits per heavy atom. The molecule has 5 aliphatic heterocycles. The molecule has 1 fully saturated rings. The highest BCUT2D eigenvalue weighted by atomic mass is 16.6. The largest absolute Gasteiger partial charge is 0.508 e. The molecule has 10 N–H and O–H groups in total. The number of aromatic hydroxyl groups is 2. The van der Waals surface area contributed by atoms with Gasteiger partial charge in [-0.3, -0.25) is 10.1 Å². The third-order valence-corrected chi connectivity index (χ3v) is 15.3. The molecule has 14 nitrogen and oxygen atoms in total. The number of hydrogen-bond acceptors (Lipinski definition) is 14. The normalized spacial score (nSPS) is 30.6. The fourth-order valence-electron chi connectivity index (χ4n) is 12.2. The number of carbonyl (C=O) groups is 1. The number of nitrogens with two attached hydrogens (primary N) is 1. The molecule has 14 heteroatoms. The number of aliphatic hydroxyl groups is 3. The van der Waals surface area contributed by atoms with Gasteiger partial charge in [0, 0.05) is 60.2 Å². The molecule has 9 atom stereocenters. The van der Waals surface area contributed by atoms with Gasteiger partial charge in [-0.05, 0) is 116 Å². The molecule has 0 saturated heterocycles. The zero-order chi connectivity index (χ0) is 44.8. The van der Waals surface area contributed by atoms with Gasteiger partial charge >= 0.3 is 5.97 Å². The van der Waals surface area contributed by atoms with Crippen molar-refractivity contribution < 1.29 is 44.2 Å². The number of dihydropyridines is 2. The maximum absolute atomic E-state index is 14.2. The molecule has 0 spiro atoms. The summed E-state index contributed by atoms with van der Waals surface area (Å²) >= 11 is 0. The van der Waals surface area contributed by atoms with Crippen molar-refractivity contribution in [2.24, 2.45) is 23.5 Å². The number of aryl methyl sites for hydroxylation is 1. The van der Waals surface area contributed by atoms with Crippen LogP contribution in [0.15, 0.2) is 103 Å². The number of benzene rings is 2. The summed E-state index contributed by atoms with van der Waals surface area (Å²) in [5.74, 6) is -2.84. The van der Waals surface area contributed by atoms with Crippen molar-refractivity contribution in [2.75, 3.05) is 19.8 Å². The van der Waals surface area contributed by atoms with E-state index in [1.807, 2.05) is 13.0 Å². The van der Waals surface area contributed by atoms with Gasteiger partial charge in [0.05, 0.1) is 18.8 Å². The predicted octanol–water partition coefficient (Wildman–Crippen LogP) is 4.45. The lowest BCUT2D eigenvalue weighted by Crippen LogP contribution is -2.59. The first kappa shape index (κ1) is 42.2. The fourth-order valence-corrected chi connectivity index (χ4v) is 12.2. The standard InChI is InChI=1S/C50H56N4O10/c1-4-24(20-55)49(61)63-39-18-35-44(60)42-38(59)17-28(21-56)62-46(42)43-40-33-13-14-52-47(51)41(33)31(10-7-25-6-8-27(58)16-34(25)36(40)22-57)30-12-11-29-26(15-37(30)50(39,3)64-45(35)43)19-53-48-32(29)9-5-23(2)54-48/h4-6,8-9,13,16-17,19,23,30-31,36-37,39-40,48,52-58,60H,7,10-12,14-15,18,20-22,51H2,1-3H3. The fraction of sp³-hybridized carbons (Fsp3) is 0.440. The average molecular weight is 873 g/mol. The van der Waals surface area contributed by atoms with Gasteiger partial charge < -0.3 is 55.8 Å². The van der Waals surface area contributed by atoms with E-state index in [2.05, 4.69) is 47.3 Å². The molecule has 3 aromatic rings. The topological polar surface area (TPSA) is 229 Å². The van der Waals surface area contributed by atoms with E-state index < -0.39 is 60.5 Å². The van der Waals surface area contributed by atoms with Crippen LogP contribution in [0.2, 0.25) is 0 Å². The molecular weight excluding hydrogens is 817 g/mol. The Morgan fingerprint density at radius 3 is 2.70 bits per heavy atom. The molecule has 1 saturated carbocycles. The molecule has 6 heterocycles. The summed E-state index contributed by atoms with van der Waals surface area (Å²) in [6.07, 6.45) is 12.0. The van der Waals surface area contributed by atoms with E-state index >= 15 is 0 Å². The third-order valence-electron chi connectivity index (χ3n) is 15.3. The van der Waals surface area contributed by atoms with E-state index in [1.54, 1.807) is 19.1 Å². The van der Waals surface area contributed by atoms with Gasteiger partial charge in [0.15, 0.2) is 5.43 Å². The second-order valence-corrected chi connectivity index (χ2v) is 18.6. The number of ether oxygens (including phenoxy) is 2. The Hall–Kier alpha value is -5.80. The average Bonchev–Trinajstić information content (AvgIpc) is 3.45. The highest BCUT2D eigenvalue weighted by molar-refractivity contribution is 5.92. The second-order valence-electron chi connectivity index (χ2n) is 18.6. The highest BCUT2D eigenvalue weighted by Gasteiger charge is 2.58. The molecule has 64 heavy (non-hydrogen) atoms. The Bertz CT molecular complexity index is 2730. The Morgan fingerprint density at radius 2 is 1.94 bits per heavy atom. The molecule has 0 amide bonds. The lowest BCUT2D eigenvalue weighted by Gasteiger charge is -2.52. The first-order valence-electron chi connectivity index (χ1n) is 22.5. The number of esters is 1. The van der Waals surface area contributed by atoms with Crippen molar-refractivity contribution in [3.63, 3.8) is 0 Å². The number of aliphatic hydroxyl groups excluding tert-OH is 3. The van der Waals surface area contributed by atoms with E-state index in [9.17, 15) is 35.1 Å². The third kappa shape index (κ3) is 6.51. The van der Waals surface area contributed by atoms with Crippen LogP contribution in [0.3, 0.4) is 0 Å². The van der Waals surface area contributed by atoms with E-state index in [0.29, 0.717) is 49.2 Å². The number of carbonyl (C=O) groups excluding carboxylic acids is 1. The van der Waals surface area contributed by atoms with Gasteiger partial charge in [-0.25, -0.2) is 4.79 Å². The summed E-state index contributed by atoms with van der Waals surface area (Å²) in [7, 11) is 0. The van der Waals surface area contributed by atoms with Gasteiger partial charge in [-0.2, -0.15) is 0 Å². The van der Waals surface area contributed by atoms with E-state index in [-0.39, 0.29) is 75.7 Å². The molecule has 0 radical (unpaired) electrons. The second kappa shape index (κ2) is 16.0. The number of allylic oxidation sites excluding steroid dienone is 5. The Balaban J connectivity index is 1.34. The number of hydrogen-bond donors (Lipinski definition) is 9. The smallest absolute Gasteiger partial charge is 0.336 e. The van der Waals surface area contributed by atoms with Crippen LogP contribution in [0, 0.1) is 17.8 Å². The summed E-state index contributed by atoms with van der Waals surface area (Å²) in [6, 6.07) is 6.58. The quantitative estimate of drug-likeness (QED) is 0.128. The van der Waals surface area contributed by atoms with Gasteiger partial charge in [-0.1, -0.05) is 30.4 Å². The van der Waals surface area contributed by atoms with Crippen LogP contribution in [0.25, 0.3) is 11.0 Å². The number of phenols is 2. The van der Waals surface area contributed by atoms with E-state index in [1.165, 1.54) is 17.2 Å². The van der Waals surface area contributed by atoms with Crippen molar-refractivity contribution in [3.8, 4) is 17.2 Å². The van der Waals surface area contributed by atoms with Crippen molar-refractivity contribution in [3.05, 3.63) is 132 Å². The van der Waals surface area contributed by atoms with Crippen LogP contribution in [0.4, 0.5) is 0 Å². The maximum Gasteiger partial charge on any atom is 0.336 e. The van der Waals surface area contributed by atoms with Crippen molar-refractivity contribution in [1.82, 2.24) is 16.0 Å². The minimum Gasteiger partial charge on any atom is -0.508 e.